The molecule has 0 unspecified atom stereocenters. The molecule has 2 amide bonds. The molecule has 1 aromatic rings. The first kappa shape index (κ1) is 17.2. The van der Waals surface area contributed by atoms with Gasteiger partial charge in [0.1, 0.15) is 5.82 Å². The normalized spacial score (nSPS) is 26.5. The van der Waals surface area contributed by atoms with Crippen LogP contribution >= 0.6 is 0 Å². The van der Waals surface area contributed by atoms with Crippen LogP contribution in [0.15, 0.2) is 12.4 Å². The van der Waals surface area contributed by atoms with Crippen molar-refractivity contribution < 1.29 is 9.53 Å². The zero-order chi connectivity index (χ0) is 17.1. The van der Waals surface area contributed by atoms with Crippen LogP contribution < -0.4 is 5.32 Å². The molecule has 1 aromatic heterocycles. The minimum atomic E-state index is 0.00737. The lowest BCUT2D eigenvalue weighted by Gasteiger charge is -2.41. The summed E-state index contributed by atoms with van der Waals surface area (Å²) < 4.78 is 7.72. The molecule has 2 aliphatic heterocycles. The highest BCUT2D eigenvalue weighted by Crippen LogP contribution is 2.24. The Bertz CT molecular complexity index is 555. The van der Waals surface area contributed by atoms with Crippen LogP contribution in [0, 0.1) is 0 Å². The second-order valence-electron chi connectivity index (χ2n) is 6.78. The lowest BCUT2D eigenvalue weighted by molar-refractivity contribution is 0.0701. The number of imidazole rings is 1. The maximum Gasteiger partial charge on any atom is 0.317 e. The molecule has 0 aliphatic carbocycles. The van der Waals surface area contributed by atoms with E-state index in [2.05, 4.69) is 22.1 Å². The lowest BCUT2D eigenvalue weighted by atomic mass is 10.1. The molecule has 0 saturated carbocycles. The number of nitrogens with zero attached hydrogens (tertiary/aromatic N) is 4. The molecule has 2 saturated heterocycles. The number of ether oxygens (including phenoxy) is 1. The number of hydrogen-bond donors (Lipinski definition) is 1. The molecule has 0 spiro atoms. The van der Waals surface area contributed by atoms with E-state index >= 15 is 0 Å². The van der Waals surface area contributed by atoms with Gasteiger partial charge in [-0.15, -0.1) is 0 Å². The van der Waals surface area contributed by atoms with Gasteiger partial charge in [0.15, 0.2) is 0 Å². The third-order valence-electron chi connectivity index (χ3n) is 5.21. The Kier molecular flexibility index (Phi) is 5.40. The van der Waals surface area contributed by atoms with Crippen molar-refractivity contribution in [2.45, 2.75) is 44.9 Å². The first-order valence-electron chi connectivity index (χ1n) is 8.98. The zero-order valence-electron chi connectivity index (χ0n) is 14.9. The number of urea groups is 1. The monoisotopic (exact) mass is 335 g/mol. The Labute approximate surface area is 144 Å². The second-order valence-corrected chi connectivity index (χ2v) is 6.78. The van der Waals surface area contributed by atoms with Crippen molar-refractivity contribution >= 4 is 6.03 Å². The fourth-order valence-corrected chi connectivity index (χ4v) is 3.70. The van der Waals surface area contributed by atoms with Crippen LogP contribution in [-0.2, 0) is 11.8 Å². The lowest BCUT2D eigenvalue weighted by Crippen LogP contribution is -2.55. The summed E-state index contributed by atoms with van der Waals surface area (Å²) in [4.78, 5) is 21.5. The SMILES string of the molecule is CCN1CCN(C(=O)N[C@H](C)[C@@H]2CCCO2)C[C@@H]1c1nccn1C. The fraction of sp³-hybridized carbons (Fsp3) is 0.765. The van der Waals surface area contributed by atoms with Gasteiger partial charge in [0.2, 0.25) is 0 Å². The summed E-state index contributed by atoms with van der Waals surface area (Å²) in [5.74, 6) is 1.02. The predicted molar refractivity (Wildman–Crippen MR) is 91.7 cm³/mol. The highest BCUT2D eigenvalue weighted by molar-refractivity contribution is 5.74. The maximum atomic E-state index is 12.7. The summed E-state index contributed by atoms with van der Waals surface area (Å²) in [6.07, 6.45) is 6.04. The molecule has 24 heavy (non-hydrogen) atoms. The van der Waals surface area contributed by atoms with Crippen molar-refractivity contribution in [3.8, 4) is 0 Å². The number of nitrogens with one attached hydrogen (secondary N) is 1. The standard InChI is InChI=1S/C17H29N5O2/c1-4-21-9-10-22(12-14(21)16-18-7-8-20(16)3)17(23)19-13(2)15-6-5-11-24-15/h7-8,13-15H,4-6,9-12H2,1-3H3,(H,19,23)/t13-,14-,15+/m1/s1. The Morgan fingerprint density at radius 2 is 2.33 bits per heavy atom. The Balaban J connectivity index is 1.64. The van der Waals surface area contributed by atoms with Gasteiger partial charge in [0.25, 0.3) is 0 Å². The zero-order valence-corrected chi connectivity index (χ0v) is 14.9. The number of likely N-dealkylation sites (N-methyl/N-ethyl adjacent to an activating group) is 1. The summed E-state index contributed by atoms with van der Waals surface area (Å²) in [6.45, 7) is 8.25. The van der Waals surface area contributed by atoms with Crippen LogP contribution in [0.1, 0.15) is 38.6 Å². The molecule has 134 valence electrons. The minimum Gasteiger partial charge on any atom is -0.376 e. The van der Waals surface area contributed by atoms with Crippen LogP contribution in [0.25, 0.3) is 0 Å². The first-order chi connectivity index (χ1) is 11.6. The van der Waals surface area contributed by atoms with E-state index < -0.39 is 0 Å². The number of piperazine rings is 1. The molecule has 0 bridgehead atoms. The first-order valence-corrected chi connectivity index (χ1v) is 8.98. The molecular weight excluding hydrogens is 306 g/mol. The summed E-state index contributed by atoms with van der Waals surface area (Å²) in [5.41, 5.74) is 0. The number of rotatable bonds is 4. The van der Waals surface area contributed by atoms with Crippen LogP contribution in [-0.4, -0.2) is 70.3 Å². The highest BCUT2D eigenvalue weighted by Gasteiger charge is 2.33. The van der Waals surface area contributed by atoms with Gasteiger partial charge in [0, 0.05) is 45.7 Å². The highest BCUT2D eigenvalue weighted by atomic mass is 16.5. The van der Waals surface area contributed by atoms with E-state index in [9.17, 15) is 4.79 Å². The molecule has 1 N–H and O–H groups in total. The molecule has 0 aromatic carbocycles. The van der Waals surface area contributed by atoms with E-state index in [1.807, 2.05) is 35.8 Å². The van der Waals surface area contributed by atoms with Crippen LogP contribution in [0.4, 0.5) is 4.79 Å². The second kappa shape index (κ2) is 7.53. The summed E-state index contributed by atoms with van der Waals surface area (Å²) >= 11 is 0. The third-order valence-corrected chi connectivity index (χ3v) is 5.21. The van der Waals surface area contributed by atoms with E-state index in [1.165, 1.54) is 0 Å². The molecular formula is C17H29N5O2. The number of carbonyl (C=O) groups is 1. The topological polar surface area (TPSA) is 62.6 Å². The van der Waals surface area contributed by atoms with Gasteiger partial charge >= 0.3 is 6.03 Å². The van der Waals surface area contributed by atoms with Crippen molar-refractivity contribution in [2.75, 3.05) is 32.8 Å². The molecule has 7 nitrogen and oxygen atoms in total. The van der Waals surface area contributed by atoms with Crippen molar-refractivity contribution in [2.24, 2.45) is 7.05 Å². The summed E-state index contributed by atoms with van der Waals surface area (Å²) in [7, 11) is 2.01. The number of carbonyl (C=O) groups excluding carboxylic acids is 1. The van der Waals surface area contributed by atoms with E-state index in [0.29, 0.717) is 6.54 Å². The quantitative estimate of drug-likeness (QED) is 0.903. The molecule has 2 fully saturated rings. The van der Waals surface area contributed by atoms with Gasteiger partial charge in [0.05, 0.1) is 18.2 Å². The number of hydrogen-bond acceptors (Lipinski definition) is 4. The van der Waals surface area contributed by atoms with Gasteiger partial charge in [-0.1, -0.05) is 6.92 Å². The van der Waals surface area contributed by atoms with E-state index in [4.69, 9.17) is 4.74 Å². The Morgan fingerprint density at radius 1 is 1.50 bits per heavy atom. The van der Waals surface area contributed by atoms with Crippen LogP contribution in [0.3, 0.4) is 0 Å². The average Bonchev–Trinajstić information content (AvgIpc) is 3.25. The van der Waals surface area contributed by atoms with Crippen molar-refractivity contribution in [3.05, 3.63) is 18.2 Å². The summed E-state index contributed by atoms with van der Waals surface area (Å²) in [5, 5.41) is 3.12. The van der Waals surface area contributed by atoms with Gasteiger partial charge in [-0.05, 0) is 26.3 Å². The van der Waals surface area contributed by atoms with Crippen molar-refractivity contribution in [1.29, 1.82) is 0 Å². The number of aromatic nitrogens is 2. The molecule has 3 atom stereocenters. The maximum absolute atomic E-state index is 12.7. The predicted octanol–water partition coefficient (Wildman–Crippen LogP) is 1.38. The van der Waals surface area contributed by atoms with E-state index in [1.54, 1.807) is 0 Å². The van der Waals surface area contributed by atoms with Gasteiger partial charge in [-0.3, -0.25) is 4.90 Å². The Morgan fingerprint density at radius 3 is 2.96 bits per heavy atom. The fourth-order valence-electron chi connectivity index (χ4n) is 3.70. The van der Waals surface area contributed by atoms with Crippen LogP contribution in [0.2, 0.25) is 0 Å². The molecule has 3 rings (SSSR count). The largest absolute Gasteiger partial charge is 0.376 e. The average molecular weight is 335 g/mol. The molecule has 7 heteroatoms. The van der Waals surface area contributed by atoms with Gasteiger partial charge < -0.3 is 19.5 Å². The van der Waals surface area contributed by atoms with Gasteiger partial charge in [-0.25, -0.2) is 9.78 Å². The molecule has 0 radical (unpaired) electrons. The molecule has 3 heterocycles. The number of amides is 2. The van der Waals surface area contributed by atoms with E-state index in [0.717, 1.165) is 44.9 Å². The van der Waals surface area contributed by atoms with Crippen LogP contribution in [0.5, 0.6) is 0 Å². The molecule has 2 aliphatic rings. The smallest absolute Gasteiger partial charge is 0.317 e. The summed E-state index contributed by atoms with van der Waals surface area (Å²) in [6, 6.07) is 0.205. The minimum absolute atomic E-state index is 0.00737. The Hall–Kier alpha value is -1.60. The van der Waals surface area contributed by atoms with Crippen molar-refractivity contribution in [1.82, 2.24) is 24.7 Å². The van der Waals surface area contributed by atoms with E-state index in [-0.39, 0.29) is 24.2 Å². The van der Waals surface area contributed by atoms with Gasteiger partial charge in [-0.2, -0.15) is 0 Å². The third kappa shape index (κ3) is 3.57. The number of aryl methyl sites for hydroxylation is 1. The van der Waals surface area contributed by atoms with Crippen molar-refractivity contribution in [3.63, 3.8) is 0 Å².